The number of anilines is 3. The fourth-order valence-corrected chi connectivity index (χ4v) is 5.42. The second kappa shape index (κ2) is 13.6. The van der Waals surface area contributed by atoms with Gasteiger partial charge in [0.2, 0.25) is 17.7 Å². The molecule has 0 spiro atoms. The van der Waals surface area contributed by atoms with E-state index in [1.807, 2.05) is 12.1 Å². The van der Waals surface area contributed by atoms with Gasteiger partial charge in [-0.2, -0.15) is 28.1 Å². The van der Waals surface area contributed by atoms with E-state index >= 15 is 0 Å². The van der Waals surface area contributed by atoms with Crippen LogP contribution in [0, 0.1) is 11.3 Å². The number of benzene rings is 2. The number of ketones is 1. The van der Waals surface area contributed by atoms with Crippen molar-refractivity contribution >= 4 is 46.8 Å². The maximum Gasteiger partial charge on any atom is 0.422 e. The quantitative estimate of drug-likeness (QED) is 0.140. The first-order valence-electron chi connectivity index (χ1n) is 15.9. The lowest BCUT2D eigenvalue weighted by molar-refractivity contribution is -0.154. The average molecular weight is 686 g/mol. The summed E-state index contributed by atoms with van der Waals surface area (Å²) in [5, 5.41) is 12.4. The molecule has 48 heavy (non-hydrogen) atoms. The van der Waals surface area contributed by atoms with Crippen LogP contribution in [0.2, 0.25) is 5.02 Å². The number of halogens is 4. The van der Waals surface area contributed by atoms with Crippen molar-refractivity contribution in [2.45, 2.75) is 63.1 Å². The van der Waals surface area contributed by atoms with Gasteiger partial charge in [0.15, 0.2) is 6.61 Å². The van der Waals surface area contributed by atoms with Crippen molar-refractivity contribution in [1.29, 1.82) is 0 Å². The van der Waals surface area contributed by atoms with Crippen molar-refractivity contribution in [3.8, 4) is 6.01 Å². The fraction of sp³-hybridized carbons (Fsp3) is 0.455. The van der Waals surface area contributed by atoms with Gasteiger partial charge >= 0.3 is 12.2 Å². The van der Waals surface area contributed by atoms with E-state index in [4.69, 9.17) is 16.3 Å². The molecule has 3 aliphatic carbocycles. The maximum atomic E-state index is 12.9. The number of hydrogen-bond acceptors (Lipinski definition) is 9. The predicted molar refractivity (Wildman–Crippen MR) is 171 cm³/mol. The van der Waals surface area contributed by atoms with Gasteiger partial charge in [-0.15, -0.1) is 0 Å². The van der Waals surface area contributed by atoms with E-state index in [1.165, 1.54) is 0 Å². The van der Waals surface area contributed by atoms with Crippen LogP contribution in [0.1, 0.15) is 67.3 Å². The summed E-state index contributed by atoms with van der Waals surface area (Å²) in [6.07, 6.45) is 1.86. The second-order valence-corrected chi connectivity index (χ2v) is 13.3. The van der Waals surface area contributed by atoms with Crippen molar-refractivity contribution in [2.24, 2.45) is 11.3 Å². The topological polar surface area (TPSA) is 147 Å². The van der Waals surface area contributed by atoms with Crippen molar-refractivity contribution < 1.29 is 32.3 Å². The summed E-state index contributed by atoms with van der Waals surface area (Å²) in [5.74, 6) is -0.722. The number of nitrogens with one attached hydrogen (secondary N) is 4. The SMILES string of the molecule is O=C(CCC1CC1)C(=O)NCC1(CNC(=O)c2ccc(Nc3nc(NC4(c5ccc(Cl)cc5)CC4)nc(OCC(F)(F)F)n3)cc2)CC1. The Labute approximate surface area is 279 Å². The molecule has 11 nitrogen and oxygen atoms in total. The number of ether oxygens (including phenoxy) is 1. The van der Waals surface area contributed by atoms with Gasteiger partial charge in [0, 0.05) is 41.2 Å². The highest BCUT2D eigenvalue weighted by atomic mass is 35.5. The first kappa shape index (κ1) is 33.4. The Hall–Kier alpha value is -4.46. The molecule has 4 N–H and O–H groups in total. The largest absolute Gasteiger partial charge is 0.454 e. The van der Waals surface area contributed by atoms with E-state index in [9.17, 15) is 27.6 Å². The minimum absolute atomic E-state index is 0.0286. The molecule has 1 heterocycles. The zero-order chi connectivity index (χ0) is 33.9. The van der Waals surface area contributed by atoms with Crippen LogP contribution in [0.3, 0.4) is 0 Å². The Morgan fingerprint density at radius 2 is 1.54 bits per heavy atom. The minimum atomic E-state index is -4.59. The molecule has 0 saturated heterocycles. The van der Waals surface area contributed by atoms with Crippen LogP contribution in [0.15, 0.2) is 48.5 Å². The number of hydrogen-bond donors (Lipinski definition) is 4. The van der Waals surface area contributed by atoms with Gasteiger partial charge in [0.25, 0.3) is 11.8 Å². The molecule has 0 aliphatic heterocycles. The van der Waals surface area contributed by atoms with Crippen LogP contribution in [0.25, 0.3) is 0 Å². The highest BCUT2D eigenvalue weighted by Gasteiger charge is 2.45. The summed E-state index contributed by atoms with van der Waals surface area (Å²) in [7, 11) is 0. The molecule has 2 amide bonds. The lowest BCUT2D eigenvalue weighted by Crippen LogP contribution is -2.40. The standard InChI is InChI=1S/C33H35ClF3N7O4/c34-23-8-6-22(7-9-23)32(15-16-32)44-29-41-28(42-30(43-29)48-19-33(35,36)37)40-24-10-4-21(5-11-24)26(46)38-17-31(13-14-31)18-39-27(47)25(45)12-3-20-1-2-20/h4-11,20H,1-3,12-19H2,(H,38,46)(H,39,47)(H2,40,41,42,43,44). The molecule has 0 radical (unpaired) electrons. The number of amides is 2. The van der Waals surface area contributed by atoms with Gasteiger partial charge in [0.05, 0.1) is 5.54 Å². The first-order chi connectivity index (χ1) is 22.9. The van der Waals surface area contributed by atoms with Crippen LogP contribution >= 0.6 is 11.6 Å². The summed E-state index contributed by atoms with van der Waals surface area (Å²) in [6.45, 7) is -0.905. The predicted octanol–water partition coefficient (Wildman–Crippen LogP) is 5.70. The summed E-state index contributed by atoms with van der Waals surface area (Å²) in [6, 6.07) is 13.1. The molecule has 3 aromatic rings. The third kappa shape index (κ3) is 9.12. The molecule has 1 aromatic heterocycles. The molecule has 2 aromatic carbocycles. The molecular formula is C33H35ClF3N7O4. The molecule has 254 valence electrons. The Balaban J connectivity index is 1.05. The molecule has 0 unspecified atom stereocenters. The van der Waals surface area contributed by atoms with Gasteiger partial charge < -0.3 is 26.0 Å². The first-order valence-corrected chi connectivity index (χ1v) is 16.2. The number of carbonyl (C=O) groups is 3. The monoisotopic (exact) mass is 685 g/mol. The molecule has 0 bridgehead atoms. The number of alkyl halides is 3. The smallest absolute Gasteiger partial charge is 0.422 e. The highest BCUT2D eigenvalue weighted by molar-refractivity contribution is 6.36. The summed E-state index contributed by atoms with van der Waals surface area (Å²) in [4.78, 5) is 49.6. The van der Waals surface area contributed by atoms with Crippen LogP contribution in [-0.4, -0.2) is 58.4 Å². The van der Waals surface area contributed by atoms with E-state index in [1.54, 1.807) is 36.4 Å². The zero-order valence-corrected chi connectivity index (χ0v) is 26.7. The van der Waals surface area contributed by atoms with E-state index in [2.05, 4.69) is 36.2 Å². The number of Topliss-reactive ketones (excluding diaryl/α,β-unsaturated/α-hetero) is 1. The molecular weight excluding hydrogens is 651 g/mol. The van der Waals surface area contributed by atoms with Crippen LogP contribution in [0.4, 0.5) is 30.8 Å². The third-order valence-corrected chi connectivity index (χ3v) is 9.07. The van der Waals surface area contributed by atoms with Crippen LogP contribution < -0.4 is 26.0 Å². The average Bonchev–Trinajstić information content (AvgIpc) is 3.93. The van der Waals surface area contributed by atoms with Gasteiger partial charge in [-0.1, -0.05) is 36.6 Å². The maximum absolute atomic E-state index is 12.9. The van der Waals surface area contributed by atoms with E-state index < -0.39 is 36.0 Å². The van der Waals surface area contributed by atoms with Crippen molar-refractivity contribution in [1.82, 2.24) is 25.6 Å². The van der Waals surface area contributed by atoms with Crippen LogP contribution in [0.5, 0.6) is 6.01 Å². The lowest BCUT2D eigenvalue weighted by Gasteiger charge is -2.19. The fourth-order valence-electron chi connectivity index (χ4n) is 5.29. The van der Waals surface area contributed by atoms with E-state index in [0.717, 1.165) is 50.5 Å². The normalized spacial score (nSPS) is 17.2. The Morgan fingerprint density at radius 3 is 2.17 bits per heavy atom. The van der Waals surface area contributed by atoms with Crippen molar-refractivity contribution in [3.05, 3.63) is 64.7 Å². The number of carbonyl (C=O) groups excluding carboxylic acids is 3. The Kier molecular flexibility index (Phi) is 9.46. The van der Waals surface area contributed by atoms with Crippen molar-refractivity contribution in [2.75, 3.05) is 30.3 Å². The van der Waals surface area contributed by atoms with Crippen LogP contribution in [-0.2, 0) is 15.1 Å². The summed E-state index contributed by atoms with van der Waals surface area (Å²) in [5.41, 5.74) is 1.00. The molecule has 15 heteroatoms. The second-order valence-electron chi connectivity index (χ2n) is 12.9. The Morgan fingerprint density at radius 1 is 0.875 bits per heavy atom. The van der Waals surface area contributed by atoms with E-state index in [0.29, 0.717) is 35.3 Å². The van der Waals surface area contributed by atoms with Crippen molar-refractivity contribution in [3.63, 3.8) is 0 Å². The molecule has 6 rings (SSSR count). The minimum Gasteiger partial charge on any atom is -0.454 e. The third-order valence-electron chi connectivity index (χ3n) is 8.82. The molecule has 3 aliphatic rings. The zero-order valence-electron chi connectivity index (χ0n) is 26.0. The summed E-state index contributed by atoms with van der Waals surface area (Å²) < 4.78 is 43.5. The lowest BCUT2D eigenvalue weighted by atomic mass is 10.1. The molecule has 3 fully saturated rings. The molecule has 0 atom stereocenters. The summed E-state index contributed by atoms with van der Waals surface area (Å²) >= 11 is 6.03. The van der Waals surface area contributed by atoms with Gasteiger partial charge in [-0.05, 0) is 80.0 Å². The number of rotatable bonds is 16. The highest BCUT2D eigenvalue weighted by Crippen LogP contribution is 2.48. The van der Waals surface area contributed by atoms with E-state index in [-0.39, 0.29) is 29.6 Å². The van der Waals surface area contributed by atoms with Gasteiger partial charge in [-0.25, -0.2) is 0 Å². The van der Waals surface area contributed by atoms with Gasteiger partial charge in [-0.3, -0.25) is 14.4 Å². The van der Waals surface area contributed by atoms with Gasteiger partial charge in [0.1, 0.15) is 0 Å². The Bertz CT molecular complexity index is 1660. The molecule has 3 saturated carbocycles. The number of aromatic nitrogens is 3. The number of nitrogens with zero attached hydrogens (tertiary/aromatic N) is 3.